The molecule has 1 saturated heterocycles. The van der Waals surface area contributed by atoms with Crippen molar-refractivity contribution in [2.24, 2.45) is 10.4 Å². The number of amides is 3. The largest absolute Gasteiger partial charge is 0.481 e. The van der Waals surface area contributed by atoms with Crippen molar-refractivity contribution < 1.29 is 38.2 Å². The number of benzene rings is 3. The van der Waals surface area contributed by atoms with Gasteiger partial charge in [-0.2, -0.15) is 0 Å². The van der Waals surface area contributed by atoms with E-state index in [1.54, 1.807) is 57.5 Å². The lowest BCUT2D eigenvalue weighted by atomic mass is 9.85. The highest BCUT2D eigenvalue weighted by Crippen LogP contribution is 2.40. The summed E-state index contributed by atoms with van der Waals surface area (Å²) in [5.74, 6) is -4.95. The molecule has 18 heteroatoms. The van der Waals surface area contributed by atoms with Crippen molar-refractivity contribution in [3.8, 4) is 26.6 Å². The zero-order chi connectivity index (χ0) is 48.2. The van der Waals surface area contributed by atoms with E-state index in [9.17, 15) is 29.4 Å². The number of aliphatic carboxylic acids is 1. The minimum Gasteiger partial charge on any atom is -0.481 e. The van der Waals surface area contributed by atoms with E-state index in [0.717, 1.165) is 48.8 Å². The Morgan fingerprint density at radius 2 is 1.57 bits per heavy atom. The van der Waals surface area contributed by atoms with Crippen LogP contribution in [-0.4, -0.2) is 89.0 Å². The number of thiazole rings is 1. The lowest BCUT2D eigenvalue weighted by Crippen LogP contribution is -2.58. The second kappa shape index (κ2) is 18.3. The summed E-state index contributed by atoms with van der Waals surface area (Å²) in [7, 11) is 0. The van der Waals surface area contributed by atoms with Crippen LogP contribution in [-0.2, 0) is 14.4 Å². The number of nitrogens with zero attached hydrogens (tertiary/aromatic N) is 6. The number of carbonyl (C=O) groups excluding carboxylic acids is 3. The molecule has 0 radical (unpaired) electrons. The Labute approximate surface area is 393 Å². The fourth-order valence-electron chi connectivity index (χ4n) is 8.67. The summed E-state index contributed by atoms with van der Waals surface area (Å²) in [6, 6.07) is 13.1. The number of rotatable bonds is 11. The first-order chi connectivity index (χ1) is 31.7. The summed E-state index contributed by atoms with van der Waals surface area (Å²) in [4.78, 5) is 66.4. The Bertz CT molecular complexity index is 2960. The zero-order valence-corrected chi connectivity index (χ0v) is 39.8. The average molecular weight is 949 g/mol. The molecule has 0 spiro atoms. The van der Waals surface area contributed by atoms with Crippen molar-refractivity contribution in [2.45, 2.75) is 98.5 Å². The van der Waals surface area contributed by atoms with Crippen LogP contribution in [0.4, 0.5) is 8.78 Å². The number of halogens is 2. The number of thiophene rings is 1. The number of carboxylic acids is 1. The van der Waals surface area contributed by atoms with E-state index in [4.69, 9.17) is 4.99 Å². The predicted molar refractivity (Wildman–Crippen MR) is 252 cm³/mol. The second-order valence-corrected chi connectivity index (χ2v) is 20.2. The quantitative estimate of drug-likeness (QED) is 0.0997. The molecule has 2 aliphatic rings. The first kappa shape index (κ1) is 47.0. The van der Waals surface area contributed by atoms with Gasteiger partial charge in [-0.05, 0) is 68.4 Å². The molecule has 3 aromatic heterocycles. The summed E-state index contributed by atoms with van der Waals surface area (Å²) >= 11 is 3.05. The molecule has 4 N–H and O–H groups in total. The number of aromatic nitrogens is 4. The van der Waals surface area contributed by atoms with E-state index in [-0.39, 0.29) is 24.9 Å². The van der Waals surface area contributed by atoms with Crippen LogP contribution in [0.25, 0.3) is 26.6 Å². The summed E-state index contributed by atoms with van der Waals surface area (Å²) < 4.78 is 34.0. The van der Waals surface area contributed by atoms with Gasteiger partial charge in [0.2, 0.25) is 11.8 Å². The van der Waals surface area contributed by atoms with Crippen LogP contribution in [0.3, 0.4) is 0 Å². The monoisotopic (exact) mass is 948 g/mol. The van der Waals surface area contributed by atoms with Crippen molar-refractivity contribution in [3.05, 3.63) is 128 Å². The maximum absolute atomic E-state index is 16.1. The number of aliphatic hydroxyl groups excluding tert-OH is 1. The smallest absolute Gasteiger partial charge is 0.306 e. The van der Waals surface area contributed by atoms with E-state index in [1.807, 2.05) is 56.5 Å². The van der Waals surface area contributed by atoms with Gasteiger partial charge in [-0.15, -0.1) is 32.9 Å². The Morgan fingerprint density at radius 3 is 2.21 bits per heavy atom. The number of nitrogens with one attached hydrogen (secondary N) is 2. The van der Waals surface area contributed by atoms with Gasteiger partial charge in [0.15, 0.2) is 17.5 Å². The van der Waals surface area contributed by atoms with E-state index in [1.165, 1.54) is 33.6 Å². The van der Waals surface area contributed by atoms with Gasteiger partial charge < -0.3 is 25.7 Å². The van der Waals surface area contributed by atoms with Gasteiger partial charge in [0, 0.05) is 34.5 Å². The van der Waals surface area contributed by atoms with Gasteiger partial charge >= 0.3 is 5.97 Å². The molecule has 1 fully saturated rings. The van der Waals surface area contributed by atoms with E-state index < -0.39 is 76.6 Å². The highest BCUT2D eigenvalue weighted by atomic mass is 32.1. The van der Waals surface area contributed by atoms with Crippen LogP contribution >= 0.6 is 22.7 Å². The SMILES string of the molecule is Cc1ncsc1-c1ccc(C(C)NC(=O)[C@@H]2C[C@@H](O)CN2C(=O)C(NC(=O)c2ccc(-c3ccc(C4=N[C@@H](CC(=O)O)c5nnc(C)n5-c5sc(C)c(C)c54)cc3)c(F)c2F)C(C)(C)C)cc1. The van der Waals surface area contributed by atoms with Gasteiger partial charge in [0.1, 0.15) is 29.0 Å². The number of β-amino-alcohol motifs (C(OH)–C–C–N with tert-alkyl or cyclic N) is 1. The second-order valence-electron chi connectivity index (χ2n) is 18.1. The van der Waals surface area contributed by atoms with Crippen molar-refractivity contribution in [2.75, 3.05) is 6.54 Å². The molecular weight excluding hydrogens is 899 g/mol. The number of hydrogen-bond donors (Lipinski definition) is 4. The third kappa shape index (κ3) is 9.04. The maximum Gasteiger partial charge on any atom is 0.306 e. The molecule has 5 heterocycles. The molecule has 3 amide bonds. The summed E-state index contributed by atoms with van der Waals surface area (Å²) in [6.07, 6.45) is -1.37. The normalized spacial score (nSPS) is 17.8. The summed E-state index contributed by atoms with van der Waals surface area (Å²) in [6.45, 7) is 14.4. The molecule has 14 nitrogen and oxygen atoms in total. The number of carboxylic acid groups (broad SMARTS) is 1. The van der Waals surface area contributed by atoms with E-state index in [2.05, 4.69) is 25.8 Å². The van der Waals surface area contributed by atoms with E-state index >= 15 is 8.78 Å². The number of hydrogen-bond acceptors (Lipinski definition) is 11. The fourth-order valence-corrected chi connectivity index (χ4v) is 10.7. The lowest BCUT2D eigenvalue weighted by molar-refractivity contribution is -0.142. The van der Waals surface area contributed by atoms with Gasteiger partial charge in [0.25, 0.3) is 5.91 Å². The van der Waals surface area contributed by atoms with Crippen molar-refractivity contribution >= 4 is 52.1 Å². The summed E-state index contributed by atoms with van der Waals surface area (Å²) in [5.41, 5.74) is 6.00. The molecular formula is C49H50F2N8O6S2. The van der Waals surface area contributed by atoms with Gasteiger partial charge in [-0.1, -0.05) is 75.4 Å². The minimum absolute atomic E-state index is 0.0297. The van der Waals surface area contributed by atoms with Crippen LogP contribution in [0.5, 0.6) is 0 Å². The van der Waals surface area contributed by atoms with E-state index in [0.29, 0.717) is 28.5 Å². The predicted octanol–water partition coefficient (Wildman–Crippen LogP) is 7.98. The molecule has 2 aliphatic heterocycles. The highest BCUT2D eigenvalue weighted by molar-refractivity contribution is 7.15. The molecule has 0 aliphatic carbocycles. The standard InChI is InChI=1S/C49H50F2N8O6S2/c1-23-26(4)67-48-38(23)41(54-35(20-37(61)62)44-57-56-27(5)59(44)48)30-13-11-29(12-14-30)33-17-18-34(40(51)39(33)50)45(63)55-43(49(6,7)8)47(65)58-21-32(60)19-36(58)46(64)53-24(2)28-9-15-31(16-10-28)42-25(3)52-22-66-42/h9-18,22,24,32,35-36,43,60H,19-21H2,1-8H3,(H,53,64)(H,55,63)(H,61,62)/t24?,32-,35+,36+,43?/m1/s1. The van der Waals surface area contributed by atoms with Crippen LogP contribution in [0.1, 0.15) is 107 Å². The molecule has 0 saturated carbocycles. The number of aliphatic imine (C=N–C) groups is 1. The molecule has 348 valence electrons. The number of fused-ring (bicyclic) bond motifs is 3. The van der Waals surface area contributed by atoms with Crippen LogP contribution in [0.15, 0.2) is 71.2 Å². The Kier molecular flexibility index (Phi) is 12.8. The summed E-state index contributed by atoms with van der Waals surface area (Å²) in [5, 5.41) is 35.4. The Morgan fingerprint density at radius 1 is 0.896 bits per heavy atom. The first-order valence-electron chi connectivity index (χ1n) is 21.7. The molecule has 3 aromatic carbocycles. The molecule has 6 aromatic rings. The average Bonchev–Trinajstić information content (AvgIpc) is 4.05. The zero-order valence-electron chi connectivity index (χ0n) is 38.1. The van der Waals surface area contributed by atoms with Crippen LogP contribution in [0, 0.1) is 44.7 Å². The van der Waals surface area contributed by atoms with Crippen LogP contribution in [0.2, 0.25) is 0 Å². The van der Waals surface area contributed by atoms with Gasteiger partial charge in [-0.3, -0.25) is 28.7 Å². The van der Waals surface area contributed by atoms with Gasteiger partial charge in [-0.25, -0.2) is 13.8 Å². The fraction of sp³-hybridized carbons (Fsp3) is 0.347. The van der Waals surface area contributed by atoms with Crippen molar-refractivity contribution in [3.63, 3.8) is 0 Å². The number of carbonyl (C=O) groups is 4. The lowest BCUT2D eigenvalue weighted by Gasteiger charge is -2.35. The molecule has 8 rings (SSSR count). The minimum atomic E-state index is -1.42. The third-order valence-corrected chi connectivity index (χ3v) is 14.6. The highest BCUT2D eigenvalue weighted by Gasteiger charge is 2.45. The molecule has 0 bridgehead atoms. The van der Waals surface area contributed by atoms with Crippen molar-refractivity contribution in [1.82, 2.24) is 35.3 Å². The number of likely N-dealkylation sites (tertiary alicyclic amines) is 1. The Balaban J connectivity index is 0.998. The van der Waals surface area contributed by atoms with Crippen molar-refractivity contribution in [1.29, 1.82) is 0 Å². The number of aryl methyl sites for hydroxylation is 3. The molecule has 67 heavy (non-hydrogen) atoms. The number of aliphatic hydroxyl groups is 1. The topological polar surface area (TPSA) is 192 Å². The molecule has 2 unspecified atom stereocenters. The van der Waals surface area contributed by atoms with Crippen LogP contribution < -0.4 is 10.6 Å². The third-order valence-electron chi connectivity index (χ3n) is 12.4. The molecule has 5 atom stereocenters. The van der Waals surface area contributed by atoms with Gasteiger partial charge in [0.05, 0.1) is 45.9 Å². The Hall–Kier alpha value is -6.50. The maximum atomic E-state index is 16.1. The first-order valence-corrected chi connectivity index (χ1v) is 23.4.